The van der Waals surface area contributed by atoms with Crippen LogP contribution in [-0.2, 0) is 16.0 Å². The second-order valence-electron chi connectivity index (χ2n) is 6.61. The standard InChI is InChI=1S/C17H20N4O4S/c22-15(10-21-5-6-24-17(21)23)20-4-1-2-12(9-20)8-14-18-16(19-25-14)13-3-7-26-11-13/h3,7,11-12H,1-2,4-6,8-10H2/t12-/m1/s1. The van der Waals surface area contributed by atoms with Crippen LogP contribution in [0.5, 0.6) is 0 Å². The third kappa shape index (κ3) is 3.72. The zero-order chi connectivity index (χ0) is 17.9. The number of amides is 2. The number of piperidine rings is 1. The number of carbonyl (C=O) groups excluding carboxylic acids is 2. The number of carbonyl (C=O) groups is 2. The van der Waals surface area contributed by atoms with Crippen LogP contribution in [0.4, 0.5) is 4.79 Å². The van der Waals surface area contributed by atoms with Gasteiger partial charge >= 0.3 is 6.09 Å². The minimum absolute atomic E-state index is 0.0296. The van der Waals surface area contributed by atoms with E-state index in [2.05, 4.69) is 10.1 Å². The molecule has 0 bridgehead atoms. The number of likely N-dealkylation sites (tertiary alicyclic amines) is 1. The van der Waals surface area contributed by atoms with Crippen molar-refractivity contribution in [1.82, 2.24) is 19.9 Å². The van der Waals surface area contributed by atoms with E-state index in [0.717, 1.165) is 24.9 Å². The molecule has 0 N–H and O–H groups in total. The fourth-order valence-corrected chi connectivity index (χ4v) is 4.02. The van der Waals surface area contributed by atoms with Crippen molar-refractivity contribution >= 4 is 23.3 Å². The number of hydrogen-bond donors (Lipinski definition) is 0. The van der Waals surface area contributed by atoms with Crippen molar-refractivity contribution in [3.63, 3.8) is 0 Å². The fourth-order valence-electron chi connectivity index (χ4n) is 3.38. The molecule has 0 unspecified atom stereocenters. The van der Waals surface area contributed by atoms with Gasteiger partial charge in [-0.25, -0.2) is 4.79 Å². The van der Waals surface area contributed by atoms with Crippen LogP contribution < -0.4 is 0 Å². The van der Waals surface area contributed by atoms with E-state index in [1.165, 1.54) is 4.90 Å². The summed E-state index contributed by atoms with van der Waals surface area (Å²) in [7, 11) is 0. The molecule has 0 aromatic carbocycles. The Kier molecular flexibility index (Phi) is 4.87. The molecule has 2 saturated heterocycles. The lowest BCUT2D eigenvalue weighted by Gasteiger charge is -2.33. The molecule has 8 nitrogen and oxygen atoms in total. The largest absolute Gasteiger partial charge is 0.448 e. The molecule has 2 aliphatic heterocycles. The van der Waals surface area contributed by atoms with Gasteiger partial charge in [0.25, 0.3) is 0 Å². The first-order valence-corrected chi connectivity index (χ1v) is 9.68. The Bertz CT molecular complexity index is 776. The molecule has 0 saturated carbocycles. The third-order valence-electron chi connectivity index (χ3n) is 4.75. The summed E-state index contributed by atoms with van der Waals surface area (Å²) in [6, 6.07) is 1.96. The second kappa shape index (κ2) is 7.45. The number of cyclic esters (lactones) is 1. The Morgan fingerprint density at radius 1 is 1.38 bits per heavy atom. The molecule has 9 heteroatoms. The molecule has 1 atom stereocenters. The number of rotatable bonds is 5. The average Bonchev–Trinajstić information content (AvgIpc) is 3.38. The van der Waals surface area contributed by atoms with E-state index in [9.17, 15) is 9.59 Å². The third-order valence-corrected chi connectivity index (χ3v) is 5.44. The van der Waals surface area contributed by atoms with E-state index < -0.39 is 6.09 Å². The predicted octanol–water partition coefficient (Wildman–Crippen LogP) is 2.03. The monoisotopic (exact) mass is 376 g/mol. The number of ether oxygens (including phenoxy) is 1. The summed E-state index contributed by atoms with van der Waals surface area (Å²) in [6.07, 6.45) is 2.21. The van der Waals surface area contributed by atoms with Gasteiger partial charge in [0, 0.05) is 30.5 Å². The van der Waals surface area contributed by atoms with Crippen LogP contribution in [0.25, 0.3) is 11.4 Å². The Balaban J connectivity index is 1.33. The van der Waals surface area contributed by atoms with Crippen molar-refractivity contribution in [2.75, 3.05) is 32.8 Å². The number of hydrogen-bond acceptors (Lipinski definition) is 7. The second-order valence-corrected chi connectivity index (χ2v) is 7.39. The Morgan fingerprint density at radius 3 is 3.08 bits per heavy atom. The van der Waals surface area contributed by atoms with Crippen molar-refractivity contribution in [3.05, 3.63) is 22.7 Å². The summed E-state index contributed by atoms with van der Waals surface area (Å²) in [6.45, 7) is 2.31. The average molecular weight is 376 g/mol. The number of thiophene rings is 1. The molecule has 2 fully saturated rings. The molecule has 0 aliphatic carbocycles. The van der Waals surface area contributed by atoms with Gasteiger partial charge in [-0.3, -0.25) is 9.69 Å². The highest BCUT2D eigenvalue weighted by Gasteiger charge is 2.29. The van der Waals surface area contributed by atoms with E-state index >= 15 is 0 Å². The molecule has 138 valence electrons. The zero-order valence-corrected chi connectivity index (χ0v) is 15.1. The SMILES string of the molecule is O=C(CN1CCOC1=O)N1CCC[C@H](Cc2nc(-c3ccsc3)no2)C1. The maximum atomic E-state index is 12.5. The van der Waals surface area contributed by atoms with Gasteiger partial charge in [0.2, 0.25) is 17.6 Å². The van der Waals surface area contributed by atoms with E-state index in [-0.39, 0.29) is 18.4 Å². The van der Waals surface area contributed by atoms with Crippen molar-refractivity contribution in [2.45, 2.75) is 19.3 Å². The van der Waals surface area contributed by atoms with Crippen LogP contribution in [-0.4, -0.2) is 64.7 Å². The summed E-state index contributed by atoms with van der Waals surface area (Å²) in [5.74, 6) is 1.47. The van der Waals surface area contributed by atoms with Gasteiger partial charge in [-0.15, -0.1) is 0 Å². The highest BCUT2D eigenvalue weighted by molar-refractivity contribution is 7.08. The van der Waals surface area contributed by atoms with E-state index in [1.807, 2.05) is 21.7 Å². The van der Waals surface area contributed by atoms with Crippen LogP contribution >= 0.6 is 11.3 Å². The molecule has 4 heterocycles. The van der Waals surface area contributed by atoms with Crippen LogP contribution in [0.1, 0.15) is 18.7 Å². The molecule has 0 radical (unpaired) electrons. The lowest BCUT2D eigenvalue weighted by Crippen LogP contribution is -2.45. The lowest BCUT2D eigenvalue weighted by molar-refractivity contribution is -0.133. The summed E-state index contributed by atoms with van der Waals surface area (Å²) in [5, 5.41) is 8.00. The maximum absolute atomic E-state index is 12.5. The topological polar surface area (TPSA) is 88.8 Å². The van der Waals surface area contributed by atoms with Gasteiger partial charge in [-0.05, 0) is 30.2 Å². The molecular formula is C17H20N4O4S. The van der Waals surface area contributed by atoms with Gasteiger partial charge < -0.3 is 14.2 Å². The van der Waals surface area contributed by atoms with Crippen molar-refractivity contribution < 1.29 is 18.8 Å². The van der Waals surface area contributed by atoms with E-state index in [0.29, 0.717) is 37.8 Å². The van der Waals surface area contributed by atoms with Gasteiger partial charge in [0.15, 0.2) is 0 Å². The molecular weight excluding hydrogens is 356 g/mol. The summed E-state index contributed by atoms with van der Waals surface area (Å²) in [4.78, 5) is 31.7. The Hall–Kier alpha value is -2.42. The van der Waals surface area contributed by atoms with Crippen LogP contribution in [0.2, 0.25) is 0 Å². The summed E-state index contributed by atoms with van der Waals surface area (Å²) in [5.41, 5.74) is 0.961. The van der Waals surface area contributed by atoms with Crippen molar-refractivity contribution in [3.8, 4) is 11.4 Å². The van der Waals surface area contributed by atoms with Crippen molar-refractivity contribution in [1.29, 1.82) is 0 Å². The smallest absolute Gasteiger partial charge is 0.410 e. The Morgan fingerprint density at radius 2 is 2.31 bits per heavy atom. The first-order chi connectivity index (χ1) is 12.7. The molecule has 2 amide bonds. The Labute approximate surface area is 154 Å². The van der Waals surface area contributed by atoms with Gasteiger partial charge in [0.1, 0.15) is 13.2 Å². The molecule has 2 aliphatic rings. The highest BCUT2D eigenvalue weighted by atomic mass is 32.1. The lowest BCUT2D eigenvalue weighted by atomic mass is 9.94. The summed E-state index contributed by atoms with van der Waals surface area (Å²) < 4.78 is 10.3. The quantitative estimate of drug-likeness (QED) is 0.793. The van der Waals surface area contributed by atoms with Crippen LogP contribution in [0, 0.1) is 5.92 Å². The minimum atomic E-state index is -0.404. The van der Waals surface area contributed by atoms with Crippen molar-refractivity contribution in [2.24, 2.45) is 5.92 Å². The summed E-state index contributed by atoms with van der Waals surface area (Å²) >= 11 is 1.59. The normalized spacial score (nSPS) is 20.5. The maximum Gasteiger partial charge on any atom is 0.410 e. The number of nitrogens with zero attached hydrogens (tertiary/aromatic N) is 4. The first kappa shape index (κ1) is 17.0. The van der Waals surface area contributed by atoms with Crippen LogP contribution in [0.3, 0.4) is 0 Å². The van der Waals surface area contributed by atoms with Gasteiger partial charge in [0.05, 0.1) is 6.54 Å². The molecule has 4 rings (SSSR count). The van der Waals surface area contributed by atoms with Gasteiger partial charge in [-0.2, -0.15) is 16.3 Å². The first-order valence-electron chi connectivity index (χ1n) is 8.73. The van der Waals surface area contributed by atoms with Gasteiger partial charge in [-0.1, -0.05) is 5.16 Å². The molecule has 26 heavy (non-hydrogen) atoms. The zero-order valence-electron chi connectivity index (χ0n) is 14.3. The molecule has 0 spiro atoms. The van der Waals surface area contributed by atoms with Crippen LogP contribution in [0.15, 0.2) is 21.3 Å². The van der Waals surface area contributed by atoms with E-state index in [4.69, 9.17) is 9.26 Å². The molecule has 2 aromatic heterocycles. The number of aromatic nitrogens is 2. The molecule has 2 aromatic rings. The predicted molar refractivity (Wildman–Crippen MR) is 93.5 cm³/mol. The minimum Gasteiger partial charge on any atom is -0.448 e. The fraction of sp³-hybridized carbons (Fsp3) is 0.529. The highest BCUT2D eigenvalue weighted by Crippen LogP contribution is 2.23. The van der Waals surface area contributed by atoms with E-state index in [1.54, 1.807) is 11.3 Å².